The van der Waals surface area contributed by atoms with Gasteiger partial charge >= 0.3 is 0 Å². The Balaban J connectivity index is 1.90. The summed E-state index contributed by atoms with van der Waals surface area (Å²) in [7, 11) is 0. The molecule has 0 aromatic carbocycles. The summed E-state index contributed by atoms with van der Waals surface area (Å²) in [5, 5.41) is 8.38. The lowest BCUT2D eigenvalue weighted by molar-refractivity contribution is -0.126. The van der Waals surface area contributed by atoms with E-state index in [1.807, 2.05) is 17.5 Å². The van der Waals surface area contributed by atoms with Gasteiger partial charge in [0.2, 0.25) is 5.91 Å². The van der Waals surface area contributed by atoms with Gasteiger partial charge in [0.15, 0.2) is 0 Å². The highest BCUT2D eigenvalue weighted by atomic mass is 32.1. The van der Waals surface area contributed by atoms with Crippen molar-refractivity contribution in [2.75, 3.05) is 6.54 Å². The number of rotatable bonds is 3. The lowest BCUT2D eigenvalue weighted by Gasteiger charge is -2.38. The van der Waals surface area contributed by atoms with Gasteiger partial charge in [-0.3, -0.25) is 4.79 Å². The first-order valence-corrected chi connectivity index (χ1v) is 7.01. The van der Waals surface area contributed by atoms with Crippen molar-refractivity contribution in [1.82, 2.24) is 10.6 Å². The van der Waals surface area contributed by atoms with Crippen LogP contribution in [0, 0.1) is 5.41 Å². The van der Waals surface area contributed by atoms with Crippen LogP contribution in [-0.2, 0) is 11.3 Å². The predicted molar refractivity (Wildman–Crippen MR) is 71.0 cm³/mol. The molecule has 2 heterocycles. The van der Waals surface area contributed by atoms with Crippen LogP contribution < -0.4 is 10.6 Å². The Hall–Kier alpha value is -0.870. The second-order valence-corrected chi connectivity index (χ2v) is 6.31. The fourth-order valence-electron chi connectivity index (χ4n) is 2.35. The molecule has 2 rings (SSSR count). The van der Waals surface area contributed by atoms with Crippen molar-refractivity contribution in [3.05, 3.63) is 22.4 Å². The molecule has 0 spiro atoms. The average molecular weight is 252 g/mol. The smallest absolute Gasteiger partial charge is 0.237 e. The molecule has 1 amide bonds. The topological polar surface area (TPSA) is 41.1 Å². The van der Waals surface area contributed by atoms with Gasteiger partial charge in [-0.2, -0.15) is 0 Å². The molecule has 1 fully saturated rings. The number of nitrogens with one attached hydrogen (secondary N) is 2. The molecule has 17 heavy (non-hydrogen) atoms. The Morgan fingerprint density at radius 1 is 1.65 bits per heavy atom. The molecule has 2 N–H and O–H groups in total. The van der Waals surface area contributed by atoms with Crippen LogP contribution in [0.2, 0.25) is 0 Å². The first-order valence-electron chi connectivity index (χ1n) is 6.13. The average Bonchev–Trinajstić information content (AvgIpc) is 2.78. The highest BCUT2D eigenvalue weighted by Gasteiger charge is 2.36. The van der Waals surface area contributed by atoms with Gasteiger partial charge in [0.1, 0.15) is 0 Å². The zero-order chi connectivity index (χ0) is 12.3. The lowest BCUT2D eigenvalue weighted by Crippen LogP contribution is -2.55. The minimum absolute atomic E-state index is 0.0534. The molecule has 0 saturated carbocycles. The highest BCUT2D eigenvalue weighted by molar-refractivity contribution is 7.09. The molecule has 4 heteroatoms. The predicted octanol–water partition coefficient (Wildman–Crippen LogP) is 2.14. The van der Waals surface area contributed by atoms with E-state index < -0.39 is 0 Å². The normalized spacial score (nSPS) is 23.3. The third kappa shape index (κ3) is 3.07. The van der Waals surface area contributed by atoms with Crippen LogP contribution in [0.1, 0.15) is 31.6 Å². The van der Waals surface area contributed by atoms with E-state index in [0.29, 0.717) is 6.54 Å². The van der Waals surface area contributed by atoms with E-state index in [1.54, 1.807) is 11.3 Å². The van der Waals surface area contributed by atoms with Crippen molar-refractivity contribution in [2.24, 2.45) is 5.41 Å². The Bertz CT molecular complexity index is 373. The van der Waals surface area contributed by atoms with Crippen molar-refractivity contribution in [3.8, 4) is 0 Å². The summed E-state index contributed by atoms with van der Waals surface area (Å²) in [4.78, 5) is 13.3. The van der Waals surface area contributed by atoms with Crippen molar-refractivity contribution in [3.63, 3.8) is 0 Å². The lowest BCUT2D eigenvalue weighted by atomic mass is 9.77. The minimum Gasteiger partial charge on any atom is -0.350 e. The van der Waals surface area contributed by atoms with E-state index in [1.165, 1.54) is 4.88 Å². The third-order valence-electron chi connectivity index (χ3n) is 3.41. The standard InChI is InChI=1S/C13H20N2OS/c1-13(2)6-4-7-14-11(13)12(16)15-9-10-5-3-8-17-10/h3,5,8,11,14H,4,6-7,9H2,1-2H3,(H,15,16). The Kier molecular flexibility index (Phi) is 3.84. The Morgan fingerprint density at radius 2 is 2.47 bits per heavy atom. The summed E-state index contributed by atoms with van der Waals surface area (Å²) in [6, 6.07) is 4.00. The number of carbonyl (C=O) groups excluding carboxylic acids is 1. The molecule has 94 valence electrons. The molecule has 1 aliphatic rings. The zero-order valence-corrected chi connectivity index (χ0v) is 11.3. The van der Waals surface area contributed by atoms with E-state index in [9.17, 15) is 4.79 Å². The number of amides is 1. The maximum Gasteiger partial charge on any atom is 0.237 e. The fraction of sp³-hybridized carbons (Fsp3) is 0.615. The molecule has 1 unspecified atom stereocenters. The molecule has 0 radical (unpaired) electrons. The SMILES string of the molecule is CC1(C)CCCNC1C(=O)NCc1cccs1. The summed E-state index contributed by atoms with van der Waals surface area (Å²) >= 11 is 1.68. The van der Waals surface area contributed by atoms with E-state index in [4.69, 9.17) is 0 Å². The largest absolute Gasteiger partial charge is 0.350 e. The third-order valence-corrected chi connectivity index (χ3v) is 4.28. The van der Waals surface area contributed by atoms with Crippen LogP contribution in [-0.4, -0.2) is 18.5 Å². The summed E-state index contributed by atoms with van der Waals surface area (Å²) in [6.45, 7) is 5.91. The molecule has 1 aromatic rings. The van der Waals surface area contributed by atoms with Gasteiger partial charge in [-0.05, 0) is 36.2 Å². The Morgan fingerprint density at radius 3 is 3.12 bits per heavy atom. The van der Waals surface area contributed by atoms with Gasteiger partial charge in [-0.1, -0.05) is 19.9 Å². The second kappa shape index (κ2) is 5.19. The van der Waals surface area contributed by atoms with Crippen molar-refractivity contribution < 1.29 is 4.79 Å². The molecule has 1 aliphatic heterocycles. The van der Waals surface area contributed by atoms with Gasteiger partial charge < -0.3 is 10.6 Å². The molecule has 1 atom stereocenters. The van der Waals surface area contributed by atoms with Crippen molar-refractivity contribution >= 4 is 17.2 Å². The van der Waals surface area contributed by atoms with Crippen LogP contribution in [0.15, 0.2) is 17.5 Å². The highest BCUT2D eigenvalue weighted by Crippen LogP contribution is 2.30. The van der Waals surface area contributed by atoms with E-state index in [2.05, 4.69) is 24.5 Å². The first-order chi connectivity index (χ1) is 8.09. The van der Waals surface area contributed by atoms with E-state index in [-0.39, 0.29) is 17.4 Å². The molecule has 0 aliphatic carbocycles. The molecule has 0 bridgehead atoms. The van der Waals surface area contributed by atoms with Gasteiger partial charge in [-0.15, -0.1) is 11.3 Å². The van der Waals surface area contributed by atoms with Gasteiger partial charge in [0.05, 0.1) is 12.6 Å². The number of hydrogen-bond donors (Lipinski definition) is 2. The van der Waals surface area contributed by atoms with Crippen LogP contribution >= 0.6 is 11.3 Å². The maximum absolute atomic E-state index is 12.1. The maximum atomic E-state index is 12.1. The van der Waals surface area contributed by atoms with E-state index in [0.717, 1.165) is 19.4 Å². The summed E-state index contributed by atoms with van der Waals surface area (Å²) in [5.41, 5.74) is 0.0534. The summed E-state index contributed by atoms with van der Waals surface area (Å²) < 4.78 is 0. The van der Waals surface area contributed by atoms with Crippen LogP contribution in [0.3, 0.4) is 0 Å². The summed E-state index contributed by atoms with van der Waals surface area (Å²) in [6.07, 6.45) is 2.26. The summed E-state index contributed by atoms with van der Waals surface area (Å²) in [5.74, 6) is 0.128. The van der Waals surface area contributed by atoms with Crippen molar-refractivity contribution in [1.29, 1.82) is 0 Å². The van der Waals surface area contributed by atoms with Crippen molar-refractivity contribution in [2.45, 2.75) is 39.3 Å². The second-order valence-electron chi connectivity index (χ2n) is 5.28. The van der Waals surface area contributed by atoms with Crippen LogP contribution in [0.4, 0.5) is 0 Å². The molecular weight excluding hydrogens is 232 g/mol. The van der Waals surface area contributed by atoms with Gasteiger partial charge in [-0.25, -0.2) is 0 Å². The quantitative estimate of drug-likeness (QED) is 0.865. The molecular formula is C13H20N2OS. The number of thiophene rings is 1. The van der Waals surface area contributed by atoms with Gasteiger partial charge in [0, 0.05) is 4.88 Å². The van der Waals surface area contributed by atoms with Gasteiger partial charge in [0.25, 0.3) is 0 Å². The number of piperidine rings is 1. The van der Waals surface area contributed by atoms with E-state index >= 15 is 0 Å². The first kappa shape index (κ1) is 12.6. The minimum atomic E-state index is -0.0591. The molecule has 1 aromatic heterocycles. The number of carbonyl (C=O) groups is 1. The fourth-order valence-corrected chi connectivity index (χ4v) is 2.99. The molecule has 3 nitrogen and oxygen atoms in total. The van der Waals surface area contributed by atoms with Crippen LogP contribution in [0.25, 0.3) is 0 Å². The number of hydrogen-bond acceptors (Lipinski definition) is 3. The molecule has 1 saturated heterocycles. The monoisotopic (exact) mass is 252 g/mol. The Labute approximate surface area is 107 Å². The zero-order valence-electron chi connectivity index (χ0n) is 10.5. The van der Waals surface area contributed by atoms with Crippen LogP contribution in [0.5, 0.6) is 0 Å².